The van der Waals surface area contributed by atoms with Gasteiger partial charge in [0.15, 0.2) is 0 Å². The molecule has 138 valence electrons. The number of hydrogen-bond acceptors (Lipinski definition) is 5. The molecule has 0 atom stereocenters. The fourth-order valence-corrected chi connectivity index (χ4v) is 2.45. The quantitative estimate of drug-likeness (QED) is 0.672. The van der Waals surface area contributed by atoms with Crippen LogP contribution in [0.1, 0.15) is 29.8 Å². The van der Waals surface area contributed by atoms with E-state index >= 15 is 0 Å². The molecule has 0 aliphatic rings. The number of aryl methyl sites for hydroxylation is 1. The second-order valence-corrected chi connectivity index (χ2v) is 6.43. The van der Waals surface area contributed by atoms with Crippen molar-refractivity contribution < 1.29 is 9.53 Å². The Balaban J connectivity index is 1.62. The van der Waals surface area contributed by atoms with Crippen molar-refractivity contribution in [1.82, 2.24) is 9.97 Å². The Morgan fingerprint density at radius 3 is 2.33 bits per heavy atom. The molecular weight excluding hydrogens is 340 g/mol. The highest BCUT2D eigenvalue weighted by Crippen LogP contribution is 2.19. The van der Waals surface area contributed by atoms with Gasteiger partial charge in [-0.15, -0.1) is 0 Å². The fourth-order valence-electron chi connectivity index (χ4n) is 2.45. The zero-order valence-corrected chi connectivity index (χ0v) is 15.6. The lowest BCUT2D eigenvalue weighted by Gasteiger charge is -2.10. The number of anilines is 3. The van der Waals surface area contributed by atoms with Crippen molar-refractivity contribution in [2.24, 2.45) is 0 Å². The van der Waals surface area contributed by atoms with Gasteiger partial charge < -0.3 is 15.4 Å². The van der Waals surface area contributed by atoms with Gasteiger partial charge in [-0.3, -0.25) is 4.79 Å². The van der Waals surface area contributed by atoms with Crippen LogP contribution >= 0.6 is 0 Å². The van der Waals surface area contributed by atoms with Gasteiger partial charge in [0.2, 0.25) is 5.95 Å². The molecule has 0 radical (unpaired) electrons. The first-order valence-corrected chi connectivity index (χ1v) is 8.73. The van der Waals surface area contributed by atoms with Crippen LogP contribution in [0.4, 0.5) is 17.3 Å². The standard InChI is InChI=1S/C21H22N4O2/c1-14(2)27-19-9-7-17(8-10-19)25-21-22-12-16(13-23-21)20(26)24-18-6-4-5-15(3)11-18/h4-14H,1-3H3,(H,24,26)(H,22,23,25). The molecule has 0 aliphatic carbocycles. The number of aromatic nitrogens is 2. The van der Waals surface area contributed by atoms with Gasteiger partial charge >= 0.3 is 0 Å². The molecule has 0 aliphatic heterocycles. The summed E-state index contributed by atoms with van der Waals surface area (Å²) in [5, 5.41) is 5.93. The average molecular weight is 362 g/mol. The molecule has 6 heteroatoms. The summed E-state index contributed by atoms with van der Waals surface area (Å²) in [7, 11) is 0. The summed E-state index contributed by atoms with van der Waals surface area (Å²) in [6.45, 7) is 5.94. The average Bonchev–Trinajstić information content (AvgIpc) is 2.63. The van der Waals surface area contributed by atoms with Crippen LogP contribution in [0.3, 0.4) is 0 Å². The van der Waals surface area contributed by atoms with E-state index in [2.05, 4.69) is 20.6 Å². The van der Waals surface area contributed by atoms with E-state index < -0.39 is 0 Å². The summed E-state index contributed by atoms with van der Waals surface area (Å²) >= 11 is 0. The predicted octanol–water partition coefficient (Wildman–Crippen LogP) is 4.57. The van der Waals surface area contributed by atoms with Gasteiger partial charge in [-0.2, -0.15) is 0 Å². The third-order valence-corrected chi connectivity index (χ3v) is 3.67. The van der Waals surface area contributed by atoms with Gasteiger partial charge in [0.1, 0.15) is 5.75 Å². The Bertz CT molecular complexity index is 906. The minimum Gasteiger partial charge on any atom is -0.491 e. The van der Waals surface area contributed by atoms with Gasteiger partial charge in [-0.1, -0.05) is 12.1 Å². The third-order valence-electron chi connectivity index (χ3n) is 3.67. The predicted molar refractivity (Wildman–Crippen MR) is 107 cm³/mol. The van der Waals surface area contributed by atoms with Crippen molar-refractivity contribution in [2.45, 2.75) is 26.9 Å². The molecule has 0 bridgehead atoms. The Morgan fingerprint density at radius 1 is 1.00 bits per heavy atom. The molecule has 1 heterocycles. The highest BCUT2D eigenvalue weighted by Gasteiger charge is 2.08. The first-order valence-electron chi connectivity index (χ1n) is 8.73. The van der Waals surface area contributed by atoms with Gasteiger partial charge in [-0.25, -0.2) is 9.97 Å². The van der Waals surface area contributed by atoms with Crippen molar-refractivity contribution >= 4 is 23.2 Å². The number of hydrogen-bond donors (Lipinski definition) is 2. The molecule has 0 saturated carbocycles. The SMILES string of the molecule is Cc1cccc(NC(=O)c2cnc(Nc3ccc(OC(C)C)cc3)nc2)c1. The summed E-state index contributed by atoms with van der Waals surface area (Å²) in [6, 6.07) is 15.2. The van der Waals surface area contributed by atoms with Crippen LogP contribution in [0, 0.1) is 6.92 Å². The van der Waals surface area contributed by atoms with Crippen LogP contribution < -0.4 is 15.4 Å². The minimum atomic E-state index is -0.248. The number of nitrogens with one attached hydrogen (secondary N) is 2. The van der Waals surface area contributed by atoms with Gasteiger partial charge in [0.05, 0.1) is 11.7 Å². The molecule has 0 unspecified atom stereocenters. The van der Waals surface area contributed by atoms with E-state index in [0.717, 1.165) is 22.7 Å². The molecule has 3 rings (SSSR count). The van der Waals surface area contributed by atoms with Crippen LogP contribution in [0.2, 0.25) is 0 Å². The maximum absolute atomic E-state index is 12.3. The molecule has 27 heavy (non-hydrogen) atoms. The summed E-state index contributed by atoms with van der Waals surface area (Å²) < 4.78 is 5.61. The Labute approximate surface area is 158 Å². The van der Waals surface area contributed by atoms with E-state index in [0.29, 0.717) is 11.5 Å². The zero-order valence-electron chi connectivity index (χ0n) is 15.6. The first-order chi connectivity index (χ1) is 13.0. The number of rotatable bonds is 6. The molecular formula is C21H22N4O2. The molecule has 3 aromatic rings. The summed E-state index contributed by atoms with van der Waals surface area (Å²) in [6.07, 6.45) is 3.12. The van der Waals surface area contributed by atoms with Gasteiger partial charge in [0, 0.05) is 23.8 Å². The number of carbonyl (C=O) groups excluding carboxylic acids is 1. The van der Waals surface area contributed by atoms with Gasteiger partial charge in [-0.05, 0) is 62.7 Å². The zero-order chi connectivity index (χ0) is 19.2. The Kier molecular flexibility index (Phi) is 5.66. The Morgan fingerprint density at radius 2 is 1.70 bits per heavy atom. The van der Waals surface area contributed by atoms with Crippen LogP contribution in [0.25, 0.3) is 0 Å². The molecule has 0 spiro atoms. The number of carbonyl (C=O) groups is 1. The molecule has 1 amide bonds. The lowest BCUT2D eigenvalue weighted by molar-refractivity contribution is 0.102. The van der Waals surface area contributed by atoms with Crippen molar-refractivity contribution in [3.63, 3.8) is 0 Å². The van der Waals surface area contributed by atoms with Crippen LogP contribution in [-0.4, -0.2) is 22.0 Å². The molecule has 2 aromatic carbocycles. The monoisotopic (exact) mass is 362 g/mol. The van der Waals surface area contributed by atoms with Gasteiger partial charge in [0.25, 0.3) is 5.91 Å². The van der Waals surface area contributed by atoms with Crippen LogP contribution in [-0.2, 0) is 0 Å². The second-order valence-electron chi connectivity index (χ2n) is 6.43. The lowest BCUT2D eigenvalue weighted by Crippen LogP contribution is -2.13. The van der Waals surface area contributed by atoms with Crippen molar-refractivity contribution in [3.05, 3.63) is 72.1 Å². The fraction of sp³-hybridized carbons (Fsp3) is 0.190. The number of ether oxygens (including phenoxy) is 1. The molecule has 2 N–H and O–H groups in total. The smallest absolute Gasteiger partial charge is 0.258 e. The van der Waals surface area contributed by atoms with E-state index in [9.17, 15) is 4.79 Å². The van der Waals surface area contributed by atoms with E-state index in [1.165, 1.54) is 12.4 Å². The molecule has 6 nitrogen and oxygen atoms in total. The molecule has 0 saturated heterocycles. The van der Waals surface area contributed by atoms with E-state index in [-0.39, 0.29) is 12.0 Å². The van der Waals surface area contributed by atoms with Crippen LogP contribution in [0.5, 0.6) is 5.75 Å². The number of amides is 1. The maximum atomic E-state index is 12.3. The third kappa shape index (κ3) is 5.28. The van der Waals surface area contributed by atoms with Crippen molar-refractivity contribution in [1.29, 1.82) is 0 Å². The molecule has 0 fully saturated rings. The minimum absolute atomic E-state index is 0.130. The normalized spacial score (nSPS) is 10.5. The van der Waals surface area contributed by atoms with Crippen LogP contribution in [0.15, 0.2) is 60.9 Å². The summed E-state index contributed by atoms with van der Waals surface area (Å²) in [5.74, 6) is 0.974. The van der Waals surface area contributed by atoms with E-state index in [4.69, 9.17) is 4.74 Å². The number of nitrogens with zero attached hydrogens (tertiary/aromatic N) is 2. The second kappa shape index (κ2) is 8.31. The highest BCUT2D eigenvalue weighted by molar-refractivity contribution is 6.03. The largest absolute Gasteiger partial charge is 0.491 e. The first kappa shape index (κ1) is 18.4. The summed E-state index contributed by atoms with van der Waals surface area (Å²) in [4.78, 5) is 20.7. The topological polar surface area (TPSA) is 76.1 Å². The number of benzene rings is 2. The lowest BCUT2D eigenvalue weighted by atomic mass is 10.2. The molecule has 1 aromatic heterocycles. The Hall–Kier alpha value is -3.41. The summed E-state index contributed by atoms with van der Waals surface area (Å²) in [5.41, 5.74) is 3.05. The van der Waals surface area contributed by atoms with E-state index in [1.54, 1.807) is 0 Å². The highest BCUT2D eigenvalue weighted by atomic mass is 16.5. The van der Waals surface area contributed by atoms with Crippen molar-refractivity contribution in [2.75, 3.05) is 10.6 Å². The maximum Gasteiger partial charge on any atom is 0.258 e. The van der Waals surface area contributed by atoms with E-state index in [1.807, 2.05) is 69.3 Å². The van der Waals surface area contributed by atoms with Crippen molar-refractivity contribution in [3.8, 4) is 5.75 Å².